The van der Waals surface area contributed by atoms with Crippen LogP contribution in [-0.4, -0.2) is 62.8 Å². The third-order valence-electron chi connectivity index (χ3n) is 5.46. The number of nitrogens with zero attached hydrogens (tertiary/aromatic N) is 3. The minimum absolute atomic E-state index is 0.00862. The summed E-state index contributed by atoms with van der Waals surface area (Å²) in [6.45, 7) is 3.92. The van der Waals surface area contributed by atoms with Crippen molar-refractivity contribution in [3.63, 3.8) is 0 Å². The topological polar surface area (TPSA) is 150 Å². The van der Waals surface area contributed by atoms with Crippen LogP contribution in [0, 0.1) is 12.3 Å². The Labute approximate surface area is 191 Å². The Bertz CT molecular complexity index is 1060. The zero-order chi connectivity index (χ0) is 24.1. The molecule has 4 N–H and O–H groups in total. The minimum atomic E-state index is -1.10. The maximum absolute atomic E-state index is 13.1. The highest BCUT2D eigenvalue weighted by atomic mass is 16.5. The van der Waals surface area contributed by atoms with Gasteiger partial charge in [0.05, 0.1) is 19.0 Å². The number of carboxylic acids is 1. The Morgan fingerprint density at radius 1 is 1.27 bits per heavy atom. The maximum atomic E-state index is 13.1. The van der Waals surface area contributed by atoms with Crippen LogP contribution in [0.2, 0.25) is 0 Å². The first-order valence-corrected chi connectivity index (χ1v) is 10.6. The van der Waals surface area contributed by atoms with E-state index < -0.39 is 30.1 Å². The summed E-state index contributed by atoms with van der Waals surface area (Å²) in [4.78, 5) is 44.6. The van der Waals surface area contributed by atoms with E-state index in [2.05, 4.69) is 4.98 Å². The van der Waals surface area contributed by atoms with Gasteiger partial charge in [0.25, 0.3) is 0 Å². The van der Waals surface area contributed by atoms with Crippen molar-refractivity contribution in [1.29, 1.82) is 5.41 Å². The molecular weight excluding hydrogens is 426 g/mol. The number of hydrogen-bond acceptors (Lipinski definition) is 6. The number of aliphatic carboxylic acids is 1. The number of carbonyl (C=O) groups excluding carboxylic acids is 2. The fraction of sp³-hybridized carbons (Fsp3) is 0.348. The van der Waals surface area contributed by atoms with Crippen molar-refractivity contribution in [2.24, 2.45) is 5.73 Å². The quantitative estimate of drug-likeness (QED) is 0.297. The number of benzene rings is 1. The molecule has 0 saturated carbocycles. The lowest BCUT2D eigenvalue weighted by molar-refractivity contribution is -0.169. The van der Waals surface area contributed by atoms with Crippen molar-refractivity contribution in [1.82, 2.24) is 14.8 Å². The molecule has 1 aromatic heterocycles. The number of pyridine rings is 1. The number of rotatable bonds is 9. The molecule has 0 spiro atoms. The fourth-order valence-electron chi connectivity index (χ4n) is 3.85. The van der Waals surface area contributed by atoms with Gasteiger partial charge < -0.3 is 20.5 Å². The zero-order valence-corrected chi connectivity index (χ0v) is 18.5. The van der Waals surface area contributed by atoms with Gasteiger partial charge in [-0.15, -0.1) is 0 Å². The molecule has 2 aromatic rings. The average Bonchev–Trinajstić information content (AvgIpc) is 2.78. The lowest BCUT2D eigenvalue weighted by atomic mass is 9.99. The summed E-state index contributed by atoms with van der Waals surface area (Å²) in [6, 6.07) is 9.02. The standard InChI is InChI=1S/C23H27N5O5/c1-3-11-27-19(33-16-8-6-15(7-9-16)21(24)25)13-28(23(32)22(27)31)18(12-20(29)30)17-5-4-10-26-14(17)2/h4-10,18-19H,3,11-13H2,1-2H3,(H3,24,25)(H,29,30). The second-order valence-corrected chi connectivity index (χ2v) is 7.76. The molecule has 0 aliphatic carbocycles. The van der Waals surface area contributed by atoms with Gasteiger partial charge in [-0.05, 0) is 49.2 Å². The van der Waals surface area contributed by atoms with E-state index in [1.807, 2.05) is 6.92 Å². The second kappa shape index (κ2) is 10.1. The van der Waals surface area contributed by atoms with E-state index in [9.17, 15) is 19.5 Å². The van der Waals surface area contributed by atoms with Gasteiger partial charge in [0, 0.05) is 24.0 Å². The zero-order valence-electron chi connectivity index (χ0n) is 18.5. The van der Waals surface area contributed by atoms with Gasteiger partial charge >= 0.3 is 17.8 Å². The number of nitrogens with one attached hydrogen (secondary N) is 1. The number of nitrogen functional groups attached to an aromatic ring is 1. The Hall–Kier alpha value is -3.95. The van der Waals surface area contributed by atoms with Crippen molar-refractivity contribution in [3.8, 4) is 5.75 Å². The number of piperazine rings is 1. The average molecular weight is 453 g/mol. The van der Waals surface area contributed by atoms with Crippen LogP contribution in [0.4, 0.5) is 0 Å². The Morgan fingerprint density at radius 2 is 1.97 bits per heavy atom. The van der Waals surface area contributed by atoms with Gasteiger partial charge in [0.1, 0.15) is 11.6 Å². The monoisotopic (exact) mass is 453 g/mol. The third kappa shape index (κ3) is 5.28. The molecule has 2 unspecified atom stereocenters. The van der Waals surface area contributed by atoms with E-state index in [1.54, 1.807) is 49.5 Å². The van der Waals surface area contributed by atoms with Crippen LogP contribution in [-0.2, 0) is 14.4 Å². The maximum Gasteiger partial charge on any atom is 0.315 e. The van der Waals surface area contributed by atoms with Gasteiger partial charge in [-0.1, -0.05) is 13.0 Å². The van der Waals surface area contributed by atoms with E-state index in [0.717, 1.165) is 0 Å². The highest BCUT2D eigenvalue weighted by Gasteiger charge is 2.43. The largest absolute Gasteiger partial charge is 0.481 e. The lowest BCUT2D eigenvalue weighted by Gasteiger charge is -2.43. The summed E-state index contributed by atoms with van der Waals surface area (Å²) in [5.74, 6) is -2.27. The number of nitrogens with two attached hydrogens (primary N) is 1. The van der Waals surface area contributed by atoms with Crippen molar-refractivity contribution in [3.05, 3.63) is 59.4 Å². The first-order valence-electron chi connectivity index (χ1n) is 10.6. The molecule has 174 valence electrons. The summed E-state index contributed by atoms with van der Waals surface area (Å²) in [7, 11) is 0. The van der Waals surface area contributed by atoms with Gasteiger partial charge in [0.2, 0.25) is 0 Å². The summed E-state index contributed by atoms with van der Waals surface area (Å²) in [5.41, 5.74) is 7.17. The molecule has 1 fully saturated rings. The van der Waals surface area contributed by atoms with E-state index in [0.29, 0.717) is 35.5 Å². The van der Waals surface area contributed by atoms with Crippen molar-refractivity contribution in [2.45, 2.75) is 39.0 Å². The van der Waals surface area contributed by atoms with Crippen LogP contribution in [0.15, 0.2) is 42.6 Å². The minimum Gasteiger partial charge on any atom is -0.481 e. The molecule has 2 heterocycles. The SMILES string of the molecule is CCCN1C(=O)C(=O)N(C(CC(=O)O)c2cccnc2C)CC1Oc1ccc(C(=N)N)cc1. The van der Waals surface area contributed by atoms with Crippen LogP contribution < -0.4 is 10.5 Å². The number of amidine groups is 1. The lowest BCUT2D eigenvalue weighted by Crippen LogP contribution is -2.62. The number of aromatic nitrogens is 1. The van der Waals surface area contributed by atoms with Gasteiger partial charge in [-0.2, -0.15) is 0 Å². The molecule has 2 atom stereocenters. The van der Waals surface area contributed by atoms with Crippen LogP contribution >= 0.6 is 0 Å². The first-order chi connectivity index (χ1) is 15.7. The number of amides is 2. The van der Waals surface area contributed by atoms with Crippen molar-refractivity contribution >= 4 is 23.6 Å². The van der Waals surface area contributed by atoms with Crippen molar-refractivity contribution in [2.75, 3.05) is 13.1 Å². The molecule has 2 amide bonds. The Morgan fingerprint density at radius 3 is 2.55 bits per heavy atom. The summed E-state index contributed by atoms with van der Waals surface area (Å²) >= 11 is 0. The van der Waals surface area contributed by atoms with Crippen molar-refractivity contribution < 1.29 is 24.2 Å². The normalized spacial score (nSPS) is 17.1. The summed E-state index contributed by atoms with van der Waals surface area (Å²) in [6.07, 6.45) is 1.01. The van der Waals surface area contributed by atoms with Gasteiger partial charge in [-0.25, -0.2) is 0 Å². The molecule has 3 rings (SSSR count). The van der Waals surface area contributed by atoms with Crippen LogP contribution in [0.5, 0.6) is 5.75 Å². The number of hydrogen-bond donors (Lipinski definition) is 3. The molecule has 1 aromatic carbocycles. The van der Waals surface area contributed by atoms with E-state index in [1.165, 1.54) is 9.80 Å². The van der Waals surface area contributed by atoms with Gasteiger partial charge in [-0.3, -0.25) is 29.7 Å². The van der Waals surface area contributed by atoms with E-state index >= 15 is 0 Å². The van der Waals surface area contributed by atoms with Gasteiger partial charge in [0.15, 0.2) is 6.23 Å². The molecule has 0 radical (unpaired) electrons. The molecule has 1 aliphatic heterocycles. The number of carbonyl (C=O) groups is 3. The highest BCUT2D eigenvalue weighted by Crippen LogP contribution is 2.30. The highest BCUT2D eigenvalue weighted by molar-refractivity contribution is 6.35. The third-order valence-corrected chi connectivity index (χ3v) is 5.46. The molecule has 1 aliphatic rings. The van der Waals surface area contributed by atoms with Crippen LogP contribution in [0.25, 0.3) is 0 Å². The Kier molecular flexibility index (Phi) is 7.27. The number of carboxylic acid groups (broad SMARTS) is 1. The Balaban J connectivity index is 1.95. The molecule has 33 heavy (non-hydrogen) atoms. The summed E-state index contributed by atoms with van der Waals surface area (Å²) < 4.78 is 6.06. The predicted molar refractivity (Wildman–Crippen MR) is 120 cm³/mol. The number of aryl methyl sites for hydroxylation is 1. The molecular formula is C23H27N5O5. The predicted octanol–water partition coefficient (Wildman–Crippen LogP) is 1.68. The number of ether oxygens (including phenoxy) is 1. The molecule has 10 nitrogen and oxygen atoms in total. The molecule has 10 heteroatoms. The first kappa shape index (κ1) is 23.7. The van der Waals surface area contributed by atoms with E-state index in [-0.39, 0.29) is 18.8 Å². The van der Waals surface area contributed by atoms with E-state index in [4.69, 9.17) is 15.9 Å². The second-order valence-electron chi connectivity index (χ2n) is 7.76. The van der Waals surface area contributed by atoms with Crippen LogP contribution in [0.1, 0.15) is 42.6 Å². The molecule has 1 saturated heterocycles. The smallest absolute Gasteiger partial charge is 0.315 e. The fourth-order valence-corrected chi connectivity index (χ4v) is 3.85. The molecule has 0 bridgehead atoms. The summed E-state index contributed by atoms with van der Waals surface area (Å²) in [5, 5.41) is 17.0. The van der Waals surface area contributed by atoms with Crippen LogP contribution in [0.3, 0.4) is 0 Å².